The summed E-state index contributed by atoms with van der Waals surface area (Å²) in [6, 6.07) is 0. The molecule has 1 heterocycles. The summed E-state index contributed by atoms with van der Waals surface area (Å²) in [4.78, 5) is 11.1. The Morgan fingerprint density at radius 1 is 1.55 bits per heavy atom. The first-order valence-corrected chi connectivity index (χ1v) is 8.92. The lowest BCUT2D eigenvalue weighted by atomic mass is 10.2. The highest BCUT2D eigenvalue weighted by Crippen LogP contribution is 2.28. The van der Waals surface area contributed by atoms with Gasteiger partial charge in [-0.3, -0.25) is 4.99 Å². The molecular formula is C16H28N4OS. The topological polar surface area (TPSA) is 49.8 Å². The van der Waals surface area contributed by atoms with Crippen molar-refractivity contribution >= 4 is 17.3 Å². The molecule has 0 amide bonds. The average molecular weight is 324 g/mol. The molecule has 1 N–H and O–H groups in total. The molecule has 2 rings (SSSR count). The Hall–Kier alpha value is -1.14. The average Bonchev–Trinajstić information content (AvgIpc) is 3.19. The number of rotatable bonds is 8. The molecule has 0 radical (unpaired) electrons. The first-order chi connectivity index (χ1) is 10.6. The van der Waals surface area contributed by atoms with Crippen molar-refractivity contribution in [2.75, 3.05) is 33.9 Å². The number of guanidine groups is 1. The third-order valence-electron chi connectivity index (χ3n) is 3.69. The summed E-state index contributed by atoms with van der Waals surface area (Å²) >= 11 is 1.73. The van der Waals surface area contributed by atoms with Crippen LogP contribution >= 0.6 is 11.3 Å². The van der Waals surface area contributed by atoms with Gasteiger partial charge in [-0.25, -0.2) is 4.98 Å². The van der Waals surface area contributed by atoms with Crippen molar-refractivity contribution in [3.05, 3.63) is 16.1 Å². The molecule has 1 saturated carbocycles. The second-order valence-corrected chi connectivity index (χ2v) is 7.06. The molecule has 5 nitrogen and oxygen atoms in total. The molecule has 1 aromatic rings. The second-order valence-electron chi connectivity index (χ2n) is 6.17. The Balaban J connectivity index is 1.70. The summed E-state index contributed by atoms with van der Waals surface area (Å²) in [5.74, 6) is 2.20. The van der Waals surface area contributed by atoms with Crippen LogP contribution in [0.4, 0.5) is 0 Å². The number of aromatic nitrogens is 1. The molecule has 22 heavy (non-hydrogen) atoms. The Morgan fingerprint density at radius 3 is 2.91 bits per heavy atom. The Kier molecular flexibility index (Phi) is 6.64. The van der Waals surface area contributed by atoms with Gasteiger partial charge in [0.15, 0.2) is 5.96 Å². The summed E-state index contributed by atoms with van der Waals surface area (Å²) in [5.41, 5.74) is 1.08. The van der Waals surface area contributed by atoms with Crippen LogP contribution in [-0.2, 0) is 11.3 Å². The van der Waals surface area contributed by atoms with Gasteiger partial charge in [-0.2, -0.15) is 0 Å². The fraction of sp³-hybridized carbons (Fsp3) is 0.750. The molecule has 0 aliphatic heterocycles. The highest BCUT2D eigenvalue weighted by molar-refractivity contribution is 7.09. The van der Waals surface area contributed by atoms with E-state index in [-0.39, 0.29) is 0 Å². The van der Waals surface area contributed by atoms with Crippen LogP contribution in [0.5, 0.6) is 0 Å². The van der Waals surface area contributed by atoms with Crippen molar-refractivity contribution in [2.24, 2.45) is 10.9 Å². The number of ether oxygens (including phenoxy) is 1. The van der Waals surface area contributed by atoms with Crippen LogP contribution in [0.3, 0.4) is 0 Å². The predicted octanol–water partition coefficient (Wildman–Crippen LogP) is 2.70. The van der Waals surface area contributed by atoms with Crippen molar-refractivity contribution in [3.63, 3.8) is 0 Å². The molecule has 1 aliphatic carbocycles. The molecule has 0 aromatic carbocycles. The third kappa shape index (κ3) is 5.57. The summed E-state index contributed by atoms with van der Waals surface area (Å²) < 4.78 is 5.68. The number of thiazole rings is 1. The summed E-state index contributed by atoms with van der Waals surface area (Å²) in [6.45, 7) is 7.57. The lowest BCUT2D eigenvalue weighted by Gasteiger charge is -2.21. The van der Waals surface area contributed by atoms with E-state index < -0.39 is 0 Å². The van der Waals surface area contributed by atoms with Crippen molar-refractivity contribution in [2.45, 2.75) is 39.2 Å². The first-order valence-electron chi connectivity index (χ1n) is 8.04. The lowest BCUT2D eigenvalue weighted by molar-refractivity contribution is 0.115. The molecule has 1 fully saturated rings. The largest absolute Gasteiger partial charge is 0.379 e. The summed E-state index contributed by atoms with van der Waals surface area (Å²) in [5, 5.41) is 6.67. The minimum atomic E-state index is 0.490. The van der Waals surface area contributed by atoms with E-state index >= 15 is 0 Å². The fourth-order valence-corrected chi connectivity index (χ4v) is 2.90. The number of aliphatic imine (C=N–C) groups is 1. The Labute approximate surface area is 137 Å². The second kappa shape index (κ2) is 8.48. The maximum atomic E-state index is 5.68. The van der Waals surface area contributed by atoms with E-state index in [9.17, 15) is 0 Å². The Bertz CT molecular complexity index is 482. The van der Waals surface area contributed by atoms with Crippen LogP contribution in [0.25, 0.3) is 0 Å². The zero-order valence-electron chi connectivity index (χ0n) is 14.1. The van der Waals surface area contributed by atoms with Gasteiger partial charge >= 0.3 is 0 Å². The van der Waals surface area contributed by atoms with E-state index in [0.717, 1.165) is 37.3 Å². The van der Waals surface area contributed by atoms with Crippen LogP contribution in [0.2, 0.25) is 0 Å². The number of nitrogens with one attached hydrogen (secondary N) is 1. The van der Waals surface area contributed by atoms with Gasteiger partial charge in [0.1, 0.15) is 0 Å². The number of likely N-dealkylation sites (N-methyl/N-ethyl adjacent to an activating group) is 1. The summed E-state index contributed by atoms with van der Waals surface area (Å²) in [6.07, 6.45) is 2.68. The quantitative estimate of drug-likeness (QED) is 0.454. The molecule has 124 valence electrons. The zero-order chi connectivity index (χ0) is 15.9. The minimum Gasteiger partial charge on any atom is -0.379 e. The van der Waals surface area contributed by atoms with E-state index in [4.69, 9.17) is 4.74 Å². The van der Waals surface area contributed by atoms with Crippen LogP contribution in [-0.4, -0.2) is 49.7 Å². The van der Waals surface area contributed by atoms with Gasteiger partial charge in [0, 0.05) is 38.5 Å². The van der Waals surface area contributed by atoms with Crippen molar-refractivity contribution in [1.29, 1.82) is 0 Å². The Morgan fingerprint density at radius 2 is 2.32 bits per heavy atom. The smallest absolute Gasteiger partial charge is 0.193 e. The first kappa shape index (κ1) is 17.2. The van der Waals surface area contributed by atoms with Gasteiger partial charge in [-0.05, 0) is 18.8 Å². The molecule has 1 aromatic heterocycles. The maximum absolute atomic E-state index is 5.68. The van der Waals surface area contributed by atoms with Gasteiger partial charge in [0.05, 0.1) is 23.9 Å². The molecular weight excluding hydrogens is 296 g/mol. The fourth-order valence-electron chi connectivity index (χ4n) is 2.07. The number of hydrogen-bond donors (Lipinski definition) is 1. The van der Waals surface area contributed by atoms with Crippen LogP contribution < -0.4 is 5.32 Å². The van der Waals surface area contributed by atoms with E-state index in [1.807, 2.05) is 14.1 Å². The van der Waals surface area contributed by atoms with Crippen molar-refractivity contribution in [1.82, 2.24) is 15.2 Å². The van der Waals surface area contributed by atoms with Gasteiger partial charge in [0.25, 0.3) is 0 Å². The van der Waals surface area contributed by atoms with E-state index in [2.05, 4.69) is 39.4 Å². The molecule has 0 atom stereocenters. The van der Waals surface area contributed by atoms with Gasteiger partial charge in [0.2, 0.25) is 0 Å². The predicted molar refractivity (Wildman–Crippen MR) is 92.6 cm³/mol. The molecule has 0 bridgehead atoms. The molecule has 1 aliphatic rings. The van der Waals surface area contributed by atoms with Crippen LogP contribution in [0.1, 0.15) is 43.3 Å². The molecule has 0 saturated heterocycles. The van der Waals surface area contributed by atoms with E-state index in [1.54, 1.807) is 11.3 Å². The van der Waals surface area contributed by atoms with Gasteiger partial charge in [-0.1, -0.05) is 13.8 Å². The highest BCUT2D eigenvalue weighted by Gasteiger charge is 2.21. The maximum Gasteiger partial charge on any atom is 0.193 e. The van der Waals surface area contributed by atoms with Crippen molar-refractivity contribution < 1.29 is 4.74 Å². The third-order valence-corrected chi connectivity index (χ3v) is 4.88. The van der Waals surface area contributed by atoms with Gasteiger partial charge in [-0.15, -0.1) is 11.3 Å². The van der Waals surface area contributed by atoms with Crippen LogP contribution in [0.15, 0.2) is 10.4 Å². The molecule has 6 heteroatoms. The SMILES string of the molecule is CN=C(NCc1csc(C(C)C)n1)N(C)CCOCC1CC1. The van der Waals surface area contributed by atoms with E-state index in [0.29, 0.717) is 12.5 Å². The standard InChI is InChI=1S/C16H28N4OS/c1-12(2)15-19-14(11-22-15)9-18-16(17-3)20(4)7-8-21-10-13-5-6-13/h11-13H,5-10H2,1-4H3,(H,17,18). The number of hydrogen-bond acceptors (Lipinski definition) is 4. The summed E-state index contributed by atoms with van der Waals surface area (Å²) in [7, 11) is 3.85. The van der Waals surface area contributed by atoms with Crippen LogP contribution in [0, 0.1) is 5.92 Å². The molecule has 0 unspecified atom stereocenters. The van der Waals surface area contributed by atoms with E-state index in [1.165, 1.54) is 17.8 Å². The highest BCUT2D eigenvalue weighted by atomic mass is 32.1. The molecule has 0 spiro atoms. The monoisotopic (exact) mass is 324 g/mol. The van der Waals surface area contributed by atoms with Gasteiger partial charge < -0.3 is 15.0 Å². The normalized spacial score (nSPS) is 15.4. The zero-order valence-corrected chi connectivity index (χ0v) is 14.9. The lowest BCUT2D eigenvalue weighted by Crippen LogP contribution is -2.40. The minimum absolute atomic E-state index is 0.490. The van der Waals surface area contributed by atoms with Crippen molar-refractivity contribution in [3.8, 4) is 0 Å². The number of nitrogens with zero attached hydrogens (tertiary/aromatic N) is 3.